The third kappa shape index (κ3) is 3.63. The number of hydrogen-bond acceptors (Lipinski definition) is 6. The summed E-state index contributed by atoms with van der Waals surface area (Å²) in [6.07, 6.45) is 0. The average Bonchev–Trinajstić information content (AvgIpc) is 3.00. The molecule has 1 aromatic carbocycles. The Bertz CT molecular complexity index is 555. The van der Waals surface area contributed by atoms with Gasteiger partial charge in [0.15, 0.2) is 0 Å². The Balaban J connectivity index is 1.77. The van der Waals surface area contributed by atoms with E-state index in [1.165, 1.54) is 0 Å². The molecule has 0 spiro atoms. The second kappa shape index (κ2) is 8.09. The summed E-state index contributed by atoms with van der Waals surface area (Å²) in [5.74, 6) is 2.19. The maximum atomic E-state index is 12.4. The lowest BCUT2D eigenvalue weighted by atomic mass is 10.1. The Morgan fingerprint density at radius 3 is 2.46 bits per heavy atom. The molecule has 1 amide bonds. The van der Waals surface area contributed by atoms with E-state index in [9.17, 15) is 4.79 Å². The maximum Gasteiger partial charge on any atom is 0.233 e. The predicted molar refractivity (Wildman–Crippen MR) is 93.7 cm³/mol. The number of amides is 1. The first-order chi connectivity index (χ1) is 11.7. The van der Waals surface area contributed by atoms with Crippen LogP contribution in [0.2, 0.25) is 0 Å². The van der Waals surface area contributed by atoms with E-state index >= 15 is 0 Å². The largest absolute Gasteiger partial charge is 0.496 e. The van der Waals surface area contributed by atoms with E-state index in [0.717, 1.165) is 49.9 Å². The van der Waals surface area contributed by atoms with Crippen LogP contribution in [-0.4, -0.2) is 75.1 Å². The maximum absolute atomic E-state index is 12.4. The Labute approximate surface area is 147 Å². The smallest absolute Gasteiger partial charge is 0.233 e. The van der Waals surface area contributed by atoms with Gasteiger partial charge in [0.2, 0.25) is 5.91 Å². The van der Waals surface area contributed by atoms with Crippen LogP contribution in [0.4, 0.5) is 0 Å². The highest BCUT2D eigenvalue weighted by Crippen LogP contribution is 2.46. The van der Waals surface area contributed by atoms with Crippen LogP contribution in [0.3, 0.4) is 0 Å². The van der Waals surface area contributed by atoms with Crippen molar-refractivity contribution in [3.8, 4) is 11.5 Å². The van der Waals surface area contributed by atoms with Crippen molar-refractivity contribution in [2.45, 2.75) is 5.37 Å². The van der Waals surface area contributed by atoms with Crippen LogP contribution in [-0.2, 0) is 9.53 Å². The van der Waals surface area contributed by atoms with Gasteiger partial charge in [0, 0.05) is 26.2 Å². The van der Waals surface area contributed by atoms with E-state index in [1.54, 1.807) is 26.0 Å². The number of thioether (sulfide) groups is 1. The molecule has 0 N–H and O–H groups in total. The minimum Gasteiger partial charge on any atom is -0.496 e. The fourth-order valence-electron chi connectivity index (χ4n) is 3.13. The molecule has 6 nitrogen and oxygen atoms in total. The Kier molecular flexibility index (Phi) is 5.86. The molecule has 0 aliphatic carbocycles. The molecule has 0 saturated carbocycles. The summed E-state index contributed by atoms with van der Waals surface area (Å²) in [7, 11) is 3.30. The average molecular weight is 352 g/mol. The first kappa shape index (κ1) is 17.4. The molecule has 2 saturated heterocycles. The minimum absolute atomic E-state index is 0.0651. The monoisotopic (exact) mass is 352 g/mol. The van der Waals surface area contributed by atoms with Gasteiger partial charge in [-0.15, -0.1) is 11.8 Å². The third-order valence-electron chi connectivity index (χ3n) is 4.44. The molecule has 0 bridgehead atoms. The molecule has 2 aliphatic heterocycles. The zero-order valence-electron chi connectivity index (χ0n) is 14.2. The van der Waals surface area contributed by atoms with Gasteiger partial charge in [0.25, 0.3) is 0 Å². The molecule has 2 aliphatic rings. The van der Waals surface area contributed by atoms with Gasteiger partial charge in [-0.3, -0.25) is 9.69 Å². The summed E-state index contributed by atoms with van der Waals surface area (Å²) < 4.78 is 16.4. The topological polar surface area (TPSA) is 51.2 Å². The third-order valence-corrected chi connectivity index (χ3v) is 5.66. The Hall–Kier alpha value is -1.44. The lowest BCUT2D eigenvalue weighted by molar-refractivity contribution is -0.128. The van der Waals surface area contributed by atoms with Crippen LogP contribution in [0.1, 0.15) is 10.9 Å². The molecular weight excluding hydrogens is 328 g/mol. The number of carbonyl (C=O) groups excluding carboxylic acids is 1. The van der Waals surface area contributed by atoms with Gasteiger partial charge in [-0.1, -0.05) is 6.07 Å². The molecule has 7 heteroatoms. The van der Waals surface area contributed by atoms with Crippen LogP contribution in [0.5, 0.6) is 11.5 Å². The van der Waals surface area contributed by atoms with Crippen LogP contribution < -0.4 is 9.47 Å². The zero-order chi connectivity index (χ0) is 16.9. The molecule has 1 atom stereocenters. The molecule has 3 rings (SSSR count). The van der Waals surface area contributed by atoms with E-state index in [2.05, 4.69) is 4.90 Å². The molecule has 24 heavy (non-hydrogen) atoms. The first-order valence-electron chi connectivity index (χ1n) is 8.16. The number of carbonyl (C=O) groups is 1. The normalized spacial score (nSPS) is 22.0. The lowest BCUT2D eigenvalue weighted by Gasteiger charge is -2.31. The van der Waals surface area contributed by atoms with Crippen molar-refractivity contribution < 1.29 is 19.0 Å². The van der Waals surface area contributed by atoms with Crippen molar-refractivity contribution in [3.05, 3.63) is 23.8 Å². The highest BCUT2D eigenvalue weighted by Gasteiger charge is 2.36. The van der Waals surface area contributed by atoms with Crippen LogP contribution in [0, 0.1) is 0 Å². The summed E-state index contributed by atoms with van der Waals surface area (Å²) in [5, 5.41) is -0.0651. The van der Waals surface area contributed by atoms with E-state index in [1.807, 2.05) is 23.1 Å². The fraction of sp³-hybridized carbons (Fsp3) is 0.588. The molecule has 1 aromatic rings. The highest BCUT2D eigenvalue weighted by atomic mass is 32.2. The van der Waals surface area contributed by atoms with Crippen LogP contribution >= 0.6 is 11.8 Å². The minimum atomic E-state index is -0.0651. The lowest BCUT2D eigenvalue weighted by Crippen LogP contribution is -2.42. The Morgan fingerprint density at radius 1 is 1.17 bits per heavy atom. The molecule has 2 heterocycles. The zero-order valence-corrected chi connectivity index (χ0v) is 15.0. The number of morpholine rings is 1. The summed E-state index contributed by atoms with van der Waals surface area (Å²) >= 11 is 1.63. The Morgan fingerprint density at radius 2 is 1.83 bits per heavy atom. The SMILES string of the molecule is COc1cccc(OC)c1C1SCC(=O)N1CCN1CCOCC1. The van der Waals surface area contributed by atoms with Crippen LogP contribution in [0.25, 0.3) is 0 Å². The quantitative estimate of drug-likeness (QED) is 0.775. The number of methoxy groups -OCH3 is 2. The van der Waals surface area contributed by atoms with Gasteiger partial charge >= 0.3 is 0 Å². The number of benzene rings is 1. The summed E-state index contributed by atoms with van der Waals surface area (Å²) in [6, 6.07) is 5.74. The standard InChI is InChI=1S/C17H24N2O4S/c1-21-13-4-3-5-14(22-2)16(13)17-19(15(20)12-24-17)7-6-18-8-10-23-11-9-18/h3-5,17H,6-12H2,1-2H3. The van der Waals surface area contributed by atoms with Crippen molar-refractivity contribution >= 4 is 17.7 Å². The van der Waals surface area contributed by atoms with Crippen molar-refractivity contribution in [3.63, 3.8) is 0 Å². The highest BCUT2D eigenvalue weighted by molar-refractivity contribution is 8.00. The van der Waals surface area contributed by atoms with Gasteiger partial charge in [-0.2, -0.15) is 0 Å². The van der Waals surface area contributed by atoms with Gasteiger partial charge in [-0.25, -0.2) is 0 Å². The van der Waals surface area contributed by atoms with Gasteiger partial charge in [0.1, 0.15) is 16.9 Å². The van der Waals surface area contributed by atoms with Gasteiger partial charge in [0.05, 0.1) is 38.7 Å². The van der Waals surface area contributed by atoms with Crippen LogP contribution in [0.15, 0.2) is 18.2 Å². The summed E-state index contributed by atoms with van der Waals surface area (Å²) in [6.45, 7) is 4.97. The van der Waals surface area contributed by atoms with E-state index in [4.69, 9.17) is 14.2 Å². The van der Waals surface area contributed by atoms with E-state index in [0.29, 0.717) is 12.3 Å². The molecule has 2 fully saturated rings. The predicted octanol–water partition coefficient (Wildman–Crippen LogP) is 1.61. The van der Waals surface area contributed by atoms with Crippen molar-refractivity contribution in [2.24, 2.45) is 0 Å². The molecular formula is C17H24N2O4S. The molecule has 132 valence electrons. The van der Waals surface area contributed by atoms with Crippen molar-refractivity contribution in [1.29, 1.82) is 0 Å². The number of rotatable bonds is 6. The number of nitrogens with zero attached hydrogens (tertiary/aromatic N) is 2. The molecule has 0 aromatic heterocycles. The fourth-order valence-corrected chi connectivity index (χ4v) is 4.40. The second-order valence-electron chi connectivity index (χ2n) is 5.78. The molecule has 1 unspecified atom stereocenters. The van der Waals surface area contributed by atoms with Crippen molar-refractivity contribution in [1.82, 2.24) is 9.80 Å². The molecule has 0 radical (unpaired) electrons. The van der Waals surface area contributed by atoms with Gasteiger partial charge in [-0.05, 0) is 12.1 Å². The van der Waals surface area contributed by atoms with Crippen molar-refractivity contribution in [2.75, 3.05) is 59.4 Å². The first-order valence-corrected chi connectivity index (χ1v) is 9.21. The number of hydrogen-bond donors (Lipinski definition) is 0. The van der Waals surface area contributed by atoms with Gasteiger partial charge < -0.3 is 19.1 Å². The van der Waals surface area contributed by atoms with E-state index < -0.39 is 0 Å². The second-order valence-corrected chi connectivity index (χ2v) is 6.85. The van der Waals surface area contributed by atoms with E-state index in [-0.39, 0.29) is 11.3 Å². The summed E-state index contributed by atoms with van der Waals surface area (Å²) in [5.41, 5.74) is 0.945. The summed E-state index contributed by atoms with van der Waals surface area (Å²) in [4.78, 5) is 16.7. The number of ether oxygens (including phenoxy) is 3.